The number of fused-ring (bicyclic) bond motifs is 3. The molecule has 1 N–H and O–H groups in total. The van der Waals surface area contributed by atoms with Gasteiger partial charge in [0, 0.05) is 36.5 Å². The number of aromatic nitrogens is 1. The molecule has 0 bridgehead atoms. The predicted molar refractivity (Wildman–Crippen MR) is 107 cm³/mol. The number of pyridine rings is 1. The number of amides is 1. The van der Waals surface area contributed by atoms with Crippen LogP contribution in [0.5, 0.6) is 5.75 Å². The van der Waals surface area contributed by atoms with Gasteiger partial charge in [0.2, 0.25) is 5.91 Å². The standard InChI is InChI=1S/C23H22N2O3/c26-23(22-4-2-10-27-22)25-14-18-12-20-19-7-5-15(17-3-1-9-24-13-17)11-16(19)6-8-21(20)28-18/h1,3,5-9,11,13,18,22H,2,4,10,12,14H2,(H,25,26)/t18-,22-/m1/s1. The quantitative estimate of drug-likeness (QED) is 0.759. The smallest absolute Gasteiger partial charge is 0.249 e. The Morgan fingerprint density at radius 1 is 1.18 bits per heavy atom. The minimum Gasteiger partial charge on any atom is -0.488 e. The van der Waals surface area contributed by atoms with Crippen LogP contribution in [-0.2, 0) is 16.0 Å². The van der Waals surface area contributed by atoms with Crippen molar-refractivity contribution in [1.82, 2.24) is 10.3 Å². The van der Waals surface area contributed by atoms with Crippen molar-refractivity contribution in [3.8, 4) is 16.9 Å². The average Bonchev–Trinajstić information content (AvgIpc) is 3.42. The summed E-state index contributed by atoms with van der Waals surface area (Å²) >= 11 is 0. The number of nitrogens with zero attached hydrogens (tertiary/aromatic N) is 1. The molecule has 1 aromatic heterocycles. The van der Waals surface area contributed by atoms with Gasteiger partial charge in [-0.2, -0.15) is 0 Å². The highest BCUT2D eigenvalue weighted by Gasteiger charge is 2.28. The Balaban J connectivity index is 1.33. The van der Waals surface area contributed by atoms with Crippen LogP contribution in [0.15, 0.2) is 54.9 Å². The molecule has 0 radical (unpaired) electrons. The highest BCUT2D eigenvalue weighted by Crippen LogP contribution is 2.36. The zero-order chi connectivity index (χ0) is 18.9. The van der Waals surface area contributed by atoms with Crippen molar-refractivity contribution >= 4 is 16.7 Å². The van der Waals surface area contributed by atoms with E-state index >= 15 is 0 Å². The summed E-state index contributed by atoms with van der Waals surface area (Å²) in [5.74, 6) is 0.890. The first-order valence-electron chi connectivity index (χ1n) is 9.80. The molecule has 1 saturated heterocycles. The van der Waals surface area contributed by atoms with Crippen molar-refractivity contribution < 1.29 is 14.3 Å². The van der Waals surface area contributed by atoms with E-state index in [1.165, 1.54) is 16.3 Å². The molecule has 142 valence electrons. The SMILES string of the molecule is O=C(NC[C@H]1Cc2c(ccc3cc(-c4cccnc4)ccc23)O1)[C@H]1CCCO1. The van der Waals surface area contributed by atoms with Crippen LogP contribution in [0.3, 0.4) is 0 Å². The van der Waals surface area contributed by atoms with Gasteiger partial charge in [-0.1, -0.05) is 24.3 Å². The second kappa shape index (κ2) is 7.24. The predicted octanol–water partition coefficient (Wildman–Crippen LogP) is 3.50. The summed E-state index contributed by atoms with van der Waals surface area (Å²) in [5.41, 5.74) is 3.47. The lowest BCUT2D eigenvalue weighted by Gasteiger charge is -2.14. The third-order valence-electron chi connectivity index (χ3n) is 5.53. The molecule has 2 aliphatic rings. The lowest BCUT2D eigenvalue weighted by molar-refractivity contribution is -0.130. The van der Waals surface area contributed by atoms with E-state index in [4.69, 9.17) is 9.47 Å². The monoisotopic (exact) mass is 374 g/mol. The largest absolute Gasteiger partial charge is 0.488 e. The number of ether oxygens (including phenoxy) is 2. The van der Waals surface area contributed by atoms with Gasteiger partial charge in [-0.25, -0.2) is 0 Å². The summed E-state index contributed by atoms with van der Waals surface area (Å²) in [4.78, 5) is 16.4. The highest BCUT2D eigenvalue weighted by atomic mass is 16.5. The van der Waals surface area contributed by atoms with Gasteiger partial charge < -0.3 is 14.8 Å². The van der Waals surface area contributed by atoms with Gasteiger partial charge in [0.1, 0.15) is 18.0 Å². The Kier molecular flexibility index (Phi) is 4.45. The zero-order valence-corrected chi connectivity index (χ0v) is 15.6. The Hall–Kier alpha value is -2.92. The summed E-state index contributed by atoms with van der Waals surface area (Å²) in [6.45, 7) is 1.18. The number of hydrogen-bond donors (Lipinski definition) is 1. The van der Waals surface area contributed by atoms with E-state index in [-0.39, 0.29) is 18.1 Å². The van der Waals surface area contributed by atoms with Gasteiger partial charge in [-0.3, -0.25) is 9.78 Å². The van der Waals surface area contributed by atoms with E-state index in [9.17, 15) is 4.79 Å². The normalized spacial score (nSPS) is 20.7. The summed E-state index contributed by atoms with van der Waals surface area (Å²) in [6, 6.07) is 14.6. The second-order valence-corrected chi connectivity index (χ2v) is 7.41. The molecule has 1 fully saturated rings. The van der Waals surface area contributed by atoms with Crippen LogP contribution < -0.4 is 10.1 Å². The van der Waals surface area contributed by atoms with Crippen LogP contribution in [0.25, 0.3) is 21.9 Å². The average molecular weight is 374 g/mol. The van der Waals surface area contributed by atoms with Crippen LogP contribution >= 0.6 is 0 Å². The summed E-state index contributed by atoms with van der Waals surface area (Å²) in [7, 11) is 0. The minimum absolute atomic E-state index is 0.0250. The van der Waals surface area contributed by atoms with Gasteiger partial charge in [-0.15, -0.1) is 0 Å². The maximum absolute atomic E-state index is 12.2. The van der Waals surface area contributed by atoms with Crippen molar-refractivity contribution in [3.63, 3.8) is 0 Å². The van der Waals surface area contributed by atoms with Crippen LogP contribution in [0.2, 0.25) is 0 Å². The second-order valence-electron chi connectivity index (χ2n) is 7.41. The summed E-state index contributed by atoms with van der Waals surface area (Å²) < 4.78 is 11.5. The van der Waals surface area contributed by atoms with Crippen molar-refractivity contribution in [1.29, 1.82) is 0 Å². The maximum atomic E-state index is 12.2. The molecule has 0 unspecified atom stereocenters. The van der Waals surface area contributed by atoms with Gasteiger partial charge in [0.05, 0.1) is 6.54 Å². The minimum atomic E-state index is -0.296. The lowest BCUT2D eigenvalue weighted by atomic mass is 9.97. The molecule has 2 atom stereocenters. The molecule has 0 spiro atoms. The molecule has 5 nitrogen and oxygen atoms in total. The Morgan fingerprint density at radius 3 is 2.96 bits per heavy atom. The first-order valence-corrected chi connectivity index (χ1v) is 9.80. The Bertz CT molecular complexity index is 1010. The molecule has 5 heteroatoms. The fourth-order valence-corrected chi connectivity index (χ4v) is 4.08. The summed E-state index contributed by atoms with van der Waals surface area (Å²) in [6.07, 6.45) is 5.89. The van der Waals surface area contributed by atoms with E-state index in [1.54, 1.807) is 6.20 Å². The maximum Gasteiger partial charge on any atom is 0.249 e. The third kappa shape index (κ3) is 3.22. The molecule has 3 aromatic rings. The van der Waals surface area contributed by atoms with Crippen LogP contribution in [0.1, 0.15) is 18.4 Å². The van der Waals surface area contributed by atoms with Crippen molar-refractivity contribution in [2.75, 3.05) is 13.2 Å². The molecule has 0 aliphatic carbocycles. The topological polar surface area (TPSA) is 60.5 Å². The molecule has 3 heterocycles. The van der Waals surface area contributed by atoms with Crippen molar-refractivity contribution in [2.45, 2.75) is 31.5 Å². The number of rotatable bonds is 4. The molecule has 1 amide bonds. The molecule has 2 aliphatic heterocycles. The van der Waals surface area contributed by atoms with Crippen molar-refractivity contribution in [2.24, 2.45) is 0 Å². The number of benzene rings is 2. The van der Waals surface area contributed by atoms with Crippen LogP contribution in [0, 0.1) is 0 Å². The van der Waals surface area contributed by atoms with E-state index in [2.05, 4.69) is 40.6 Å². The third-order valence-corrected chi connectivity index (χ3v) is 5.53. The van der Waals surface area contributed by atoms with E-state index in [0.717, 1.165) is 36.1 Å². The van der Waals surface area contributed by atoms with Crippen LogP contribution in [-0.4, -0.2) is 36.3 Å². The molecule has 5 rings (SSSR count). The fraction of sp³-hybridized carbons (Fsp3) is 0.304. The lowest BCUT2D eigenvalue weighted by Crippen LogP contribution is -2.40. The van der Waals surface area contributed by atoms with Gasteiger partial charge >= 0.3 is 0 Å². The van der Waals surface area contributed by atoms with Gasteiger partial charge in [0.15, 0.2) is 0 Å². The van der Waals surface area contributed by atoms with Gasteiger partial charge in [-0.05, 0) is 47.4 Å². The molecular weight excluding hydrogens is 352 g/mol. The molecule has 28 heavy (non-hydrogen) atoms. The highest BCUT2D eigenvalue weighted by molar-refractivity contribution is 5.91. The van der Waals surface area contributed by atoms with Crippen LogP contribution in [0.4, 0.5) is 0 Å². The van der Waals surface area contributed by atoms with E-state index in [1.807, 2.05) is 18.3 Å². The Labute approximate surface area is 163 Å². The summed E-state index contributed by atoms with van der Waals surface area (Å²) in [5, 5.41) is 5.38. The van der Waals surface area contributed by atoms with E-state index < -0.39 is 0 Å². The van der Waals surface area contributed by atoms with E-state index in [0.29, 0.717) is 13.2 Å². The molecule has 0 saturated carbocycles. The molecule has 2 aromatic carbocycles. The number of carbonyl (C=O) groups excluding carboxylic acids is 1. The number of hydrogen-bond acceptors (Lipinski definition) is 4. The molecular formula is C23H22N2O3. The first-order chi connectivity index (χ1) is 13.8. The first kappa shape index (κ1) is 17.2. The Morgan fingerprint density at radius 2 is 2.14 bits per heavy atom. The van der Waals surface area contributed by atoms with Crippen molar-refractivity contribution in [3.05, 3.63) is 60.4 Å². The fourth-order valence-electron chi connectivity index (χ4n) is 4.08. The number of nitrogens with one attached hydrogen (secondary N) is 1. The van der Waals surface area contributed by atoms with Gasteiger partial charge in [0.25, 0.3) is 0 Å². The zero-order valence-electron chi connectivity index (χ0n) is 15.6. The number of carbonyl (C=O) groups is 1.